The van der Waals surface area contributed by atoms with Crippen molar-refractivity contribution in [1.82, 2.24) is 28.9 Å². The van der Waals surface area contributed by atoms with E-state index in [-0.39, 0.29) is 17.0 Å². The summed E-state index contributed by atoms with van der Waals surface area (Å²) in [6, 6.07) is 13.1. The van der Waals surface area contributed by atoms with Gasteiger partial charge >= 0.3 is 0 Å². The van der Waals surface area contributed by atoms with Crippen LogP contribution in [-0.4, -0.2) is 49.4 Å². The number of aromatic nitrogens is 5. The molecule has 0 bridgehead atoms. The number of pyridine rings is 1. The van der Waals surface area contributed by atoms with Crippen molar-refractivity contribution in [3.63, 3.8) is 0 Å². The van der Waals surface area contributed by atoms with Crippen LogP contribution in [0.5, 0.6) is 0 Å². The van der Waals surface area contributed by atoms with Crippen LogP contribution in [0.3, 0.4) is 0 Å². The Morgan fingerprint density at radius 2 is 1.52 bits per heavy atom. The van der Waals surface area contributed by atoms with Crippen LogP contribution in [0.4, 0.5) is 0 Å². The summed E-state index contributed by atoms with van der Waals surface area (Å²) >= 11 is 0. The minimum atomic E-state index is -3.63. The minimum absolute atomic E-state index is 0.147. The van der Waals surface area contributed by atoms with Crippen molar-refractivity contribution in [3.8, 4) is 16.9 Å². The van der Waals surface area contributed by atoms with Gasteiger partial charge in [0.15, 0.2) is 5.82 Å². The standard InChI is InChI=1S/C24H28N6O2S/c1-18(2)30(19(3)4)33(31,32)23-10-11-24(25-14-23)29-17-22(13-27-29)21-12-26-28(16-21)15-20-8-6-5-7-9-20/h5-14,16-19H,15H2,1-4H3. The van der Waals surface area contributed by atoms with Crippen LogP contribution in [0, 0.1) is 0 Å². The van der Waals surface area contributed by atoms with Crippen molar-refractivity contribution in [3.05, 3.63) is 79.0 Å². The molecule has 3 heterocycles. The lowest BCUT2D eigenvalue weighted by Crippen LogP contribution is -2.41. The van der Waals surface area contributed by atoms with E-state index in [0.29, 0.717) is 12.4 Å². The lowest BCUT2D eigenvalue weighted by Gasteiger charge is -2.29. The van der Waals surface area contributed by atoms with E-state index >= 15 is 0 Å². The third-order valence-electron chi connectivity index (χ3n) is 5.29. The molecule has 0 saturated carbocycles. The third kappa shape index (κ3) is 4.89. The largest absolute Gasteiger partial charge is 0.268 e. The van der Waals surface area contributed by atoms with Crippen LogP contribution in [0.2, 0.25) is 0 Å². The lowest BCUT2D eigenvalue weighted by atomic mass is 10.2. The molecule has 1 aromatic carbocycles. The predicted molar refractivity (Wildman–Crippen MR) is 127 cm³/mol. The molecule has 0 atom stereocenters. The molecule has 8 nitrogen and oxygen atoms in total. The molecule has 0 N–H and O–H groups in total. The van der Waals surface area contributed by atoms with Crippen LogP contribution < -0.4 is 0 Å². The maximum Gasteiger partial charge on any atom is 0.245 e. The van der Waals surface area contributed by atoms with Crippen molar-refractivity contribution in [2.45, 2.75) is 51.2 Å². The molecule has 4 aromatic rings. The van der Waals surface area contributed by atoms with Crippen LogP contribution in [-0.2, 0) is 16.6 Å². The van der Waals surface area contributed by atoms with E-state index in [1.807, 2.05) is 63.0 Å². The molecule has 0 aliphatic carbocycles. The fourth-order valence-corrected chi connectivity index (χ4v) is 5.68. The molecule has 0 radical (unpaired) electrons. The maximum absolute atomic E-state index is 13.0. The molecule has 0 aliphatic heterocycles. The summed E-state index contributed by atoms with van der Waals surface area (Å²) in [5.74, 6) is 0.539. The summed E-state index contributed by atoms with van der Waals surface area (Å²) in [7, 11) is -3.63. The lowest BCUT2D eigenvalue weighted by molar-refractivity contribution is 0.302. The van der Waals surface area contributed by atoms with Gasteiger partial charge in [0, 0.05) is 41.8 Å². The van der Waals surface area contributed by atoms with Gasteiger partial charge in [0.1, 0.15) is 4.90 Å². The molecular weight excluding hydrogens is 436 g/mol. The summed E-state index contributed by atoms with van der Waals surface area (Å²) in [6.07, 6.45) is 8.77. The number of nitrogens with zero attached hydrogens (tertiary/aromatic N) is 6. The molecule has 9 heteroatoms. The van der Waals surface area contributed by atoms with E-state index in [1.165, 1.54) is 16.1 Å². The monoisotopic (exact) mass is 464 g/mol. The fraction of sp³-hybridized carbons (Fsp3) is 0.292. The van der Waals surface area contributed by atoms with E-state index in [2.05, 4.69) is 27.3 Å². The van der Waals surface area contributed by atoms with E-state index in [4.69, 9.17) is 0 Å². The summed E-state index contributed by atoms with van der Waals surface area (Å²) in [4.78, 5) is 4.53. The predicted octanol–water partition coefficient (Wildman–Crippen LogP) is 3.99. The van der Waals surface area contributed by atoms with Crippen molar-refractivity contribution in [1.29, 1.82) is 0 Å². The van der Waals surface area contributed by atoms with Gasteiger partial charge in [-0.25, -0.2) is 18.1 Å². The molecule has 0 amide bonds. The highest BCUT2D eigenvalue weighted by Crippen LogP contribution is 2.23. The third-order valence-corrected chi connectivity index (χ3v) is 7.52. The van der Waals surface area contributed by atoms with E-state index in [0.717, 1.165) is 11.1 Å². The Morgan fingerprint density at radius 1 is 0.848 bits per heavy atom. The highest BCUT2D eigenvalue weighted by atomic mass is 32.2. The molecule has 0 saturated heterocycles. The maximum atomic E-state index is 13.0. The molecule has 172 valence electrons. The smallest absolute Gasteiger partial charge is 0.245 e. The van der Waals surface area contributed by atoms with E-state index in [1.54, 1.807) is 29.2 Å². The second-order valence-corrected chi connectivity index (χ2v) is 10.3. The van der Waals surface area contributed by atoms with Gasteiger partial charge < -0.3 is 0 Å². The highest BCUT2D eigenvalue weighted by molar-refractivity contribution is 7.89. The minimum Gasteiger partial charge on any atom is -0.268 e. The van der Waals surface area contributed by atoms with Crippen LogP contribution in [0.15, 0.2) is 78.3 Å². The first kappa shape index (κ1) is 22.9. The van der Waals surface area contributed by atoms with Gasteiger partial charge in [-0.05, 0) is 45.4 Å². The molecule has 33 heavy (non-hydrogen) atoms. The molecule has 3 aromatic heterocycles. The Balaban J connectivity index is 1.52. The summed E-state index contributed by atoms with van der Waals surface area (Å²) in [5, 5.41) is 8.84. The van der Waals surface area contributed by atoms with Gasteiger partial charge in [0.2, 0.25) is 10.0 Å². The Kier molecular flexibility index (Phi) is 6.44. The highest BCUT2D eigenvalue weighted by Gasteiger charge is 2.29. The first-order chi connectivity index (χ1) is 15.8. The summed E-state index contributed by atoms with van der Waals surface area (Å²) in [5.41, 5.74) is 3.02. The number of rotatable bonds is 8. The second-order valence-electron chi connectivity index (χ2n) is 8.46. The van der Waals surface area contributed by atoms with Gasteiger partial charge in [-0.1, -0.05) is 30.3 Å². The van der Waals surface area contributed by atoms with Gasteiger partial charge in [-0.15, -0.1) is 0 Å². The number of sulfonamides is 1. The van der Waals surface area contributed by atoms with Crippen molar-refractivity contribution >= 4 is 10.0 Å². The quantitative estimate of drug-likeness (QED) is 0.394. The van der Waals surface area contributed by atoms with Crippen LogP contribution in [0.1, 0.15) is 33.3 Å². The van der Waals surface area contributed by atoms with Gasteiger partial charge in [0.25, 0.3) is 0 Å². The average Bonchev–Trinajstić information content (AvgIpc) is 3.43. The molecular formula is C24H28N6O2S. The van der Waals surface area contributed by atoms with Gasteiger partial charge in [-0.2, -0.15) is 14.5 Å². The van der Waals surface area contributed by atoms with Crippen molar-refractivity contribution in [2.24, 2.45) is 0 Å². The van der Waals surface area contributed by atoms with Crippen molar-refractivity contribution < 1.29 is 8.42 Å². The first-order valence-corrected chi connectivity index (χ1v) is 12.3. The second kappa shape index (κ2) is 9.29. The summed E-state index contributed by atoms with van der Waals surface area (Å²) < 4.78 is 31.1. The Labute approximate surface area is 194 Å². The zero-order valence-electron chi connectivity index (χ0n) is 19.2. The van der Waals surface area contributed by atoms with E-state index < -0.39 is 10.0 Å². The van der Waals surface area contributed by atoms with Crippen molar-refractivity contribution in [2.75, 3.05) is 0 Å². The summed E-state index contributed by atoms with van der Waals surface area (Å²) in [6.45, 7) is 8.16. The zero-order valence-corrected chi connectivity index (χ0v) is 20.0. The molecule has 0 unspecified atom stereocenters. The molecule has 0 fully saturated rings. The van der Waals surface area contributed by atoms with Gasteiger partial charge in [0.05, 0.1) is 18.9 Å². The Bertz CT molecular complexity index is 1300. The molecule has 0 spiro atoms. The number of hydrogen-bond acceptors (Lipinski definition) is 5. The average molecular weight is 465 g/mol. The van der Waals surface area contributed by atoms with Crippen LogP contribution >= 0.6 is 0 Å². The Morgan fingerprint density at radius 3 is 2.15 bits per heavy atom. The first-order valence-electron chi connectivity index (χ1n) is 10.9. The topological polar surface area (TPSA) is 85.9 Å². The van der Waals surface area contributed by atoms with Gasteiger partial charge in [-0.3, -0.25) is 4.68 Å². The normalized spacial score (nSPS) is 12.2. The fourth-order valence-electron chi connectivity index (χ4n) is 3.90. The number of benzene rings is 1. The molecule has 0 aliphatic rings. The zero-order chi connectivity index (χ0) is 23.6. The van der Waals surface area contributed by atoms with E-state index in [9.17, 15) is 8.42 Å². The van der Waals surface area contributed by atoms with Crippen LogP contribution in [0.25, 0.3) is 16.9 Å². The number of hydrogen-bond donors (Lipinski definition) is 0. The molecule has 4 rings (SSSR count). The Hall–Kier alpha value is -3.30. The SMILES string of the molecule is CC(C)N(C(C)C)S(=O)(=O)c1ccc(-n2cc(-c3cnn(Cc4ccccc4)c3)cn2)nc1.